The first-order valence-corrected chi connectivity index (χ1v) is 12.5. The lowest BCUT2D eigenvalue weighted by atomic mass is 10.0. The molecule has 0 spiro atoms. The number of ether oxygens (including phenoxy) is 2. The number of hydrogen-bond donors (Lipinski definition) is 2. The molecule has 0 aromatic heterocycles. The van der Waals surface area contributed by atoms with Gasteiger partial charge in [-0.05, 0) is 50.5 Å². The van der Waals surface area contributed by atoms with Gasteiger partial charge in [0, 0.05) is 44.9 Å². The zero-order valence-corrected chi connectivity index (χ0v) is 21.3. The van der Waals surface area contributed by atoms with Crippen molar-refractivity contribution in [2.24, 2.45) is 0 Å². The van der Waals surface area contributed by atoms with Gasteiger partial charge in [-0.3, -0.25) is 29.0 Å². The molecule has 4 atom stereocenters. The van der Waals surface area contributed by atoms with E-state index in [0.717, 1.165) is 5.69 Å². The first kappa shape index (κ1) is 26.4. The number of carbonyl (C=O) groups is 5. The normalized spacial score (nSPS) is 25.8. The van der Waals surface area contributed by atoms with Crippen LogP contribution >= 0.6 is 0 Å². The van der Waals surface area contributed by atoms with E-state index in [1.165, 1.54) is 10.0 Å². The van der Waals surface area contributed by atoms with Crippen LogP contribution in [0.2, 0.25) is 0 Å². The first-order chi connectivity index (χ1) is 17.7. The van der Waals surface area contributed by atoms with Crippen molar-refractivity contribution in [2.75, 3.05) is 32.1 Å². The molecule has 4 unspecified atom stereocenters. The Kier molecular flexibility index (Phi) is 7.96. The van der Waals surface area contributed by atoms with E-state index in [1.54, 1.807) is 31.2 Å². The number of nitrogens with one attached hydrogen (secondary N) is 2. The van der Waals surface area contributed by atoms with Crippen molar-refractivity contribution >= 4 is 35.3 Å². The second-order valence-corrected chi connectivity index (χ2v) is 9.50. The van der Waals surface area contributed by atoms with Gasteiger partial charge in [-0.15, -0.1) is 0 Å². The summed E-state index contributed by atoms with van der Waals surface area (Å²) in [4.78, 5) is 66.4. The molecule has 1 aromatic rings. The minimum absolute atomic E-state index is 0.0506. The molecule has 0 bridgehead atoms. The number of amides is 4. The zero-order chi connectivity index (χ0) is 26.7. The number of esters is 1. The van der Waals surface area contributed by atoms with E-state index < -0.39 is 48.1 Å². The van der Waals surface area contributed by atoms with Crippen LogP contribution in [-0.2, 0) is 28.7 Å². The molecule has 0 saturated carbocycles. The molecule has 3 fully saturated rings. The summed E-state index contributed by atoms with van der Waals surface area (Å²) in [5, 5.41) is 8.01. The summed E-state index contributed by atoms with van der Waals surface area (Å²) in [5.41, 5.74) is 1.30. The fourth-order valence-electron chi connectivity index (χ4n) is 4.81. The van der Waals surface area contributed by atoms with Crippen LogP contribution in [0.1, 0.15) is 49.4 Å². The average Bonchev–Trinajstić information content (AvgIpc) is 3.17. The Morgan fingerprint density at radius 2 is 1.84 bits per heavy atom. The fourth-order valence-corrected chi connectivity index (χ4v) is 4.81. The van der Waals surface area contributed by atoms with Crippen LogP contribution in [0.3, 0.4) is 0 Å². The van der Waals surface area contributed by atoms with E-state index in [0.29, 0.717) is 31.6 Å². The van der Waals surface area contributed by atoms with Crippen molar-refractivity contribution in [1.29, 1.82) is 0 Å². The van der Waals surface area contributed by atoms with Gasteiger partial charge in [-0.1, -0.05) is 0 Å². The number of hydrogen-bond acceptors (Lipinski definition) is 8. The summed E-state index contributed by atoms with van der Waals surface area (Å²) in [5.74, 6) is -2.25. The second kappa shape index (κ2) is 11.2. The van der Waals surface area contributed by atoms with Crippen LogP contribution in [0, 0.1) is 0 Å². The Morgan fingerprint density at radius 3 is 2.51 bits per heavy atom. The first-order valence-electron chi connectivity index (χ1n) is 12.5. The molecule has 4 amide bonds. The molecular formula is C25H33N5O7. The lowest BCUT2D eigenvalue weighted by molar-refractivity contribution is -0.177. The van der Waals surface area contributed by atoms with Crippen LogP contribution in [0.5, 0.6) is 0 Å². The van der Waals surface area contributed by atoms with Crippen LogP contribution < -0.4 is 15.5 Å². The van der Waals surface area contributed by atoms with Crippen molar-refractivity contribution in [3.63, 3.8) is 0 Å². The van der Waals surface area contributed by atoms with Crippen LogP contribution in [0.4, 0.5) is 5.69 Å². The molecule has 3 aliphatic rings. The van der Waals surface area contributed by atoms with Gasteiger partial charge in [0.2, 0.25) is 18.1 Å². The number of cyclic esters (lactones) is 1. The Hall–Kier alpha value is -3.67. The van der Waals surface area contributed by atoms with Gasteiger partial charge < -0.3 is 25.0 Å². The van der Waals surface area contributed by atoms with Crippen molar-refractivity contribution in [2.45, 2.75) is 63.4 Å². The van der Waals surface area contributed by atoms with E-state index in [4.69, 9.17) is 9.47 Å². The maximum Gasteiger partial charge on any atom is 0.310 e. The van der Waals surface area contributed by atoms with E-state index in [-0.39, 0.29) is 25.2 Å². The van der Waals surface area contributed by atoms with Crippen molar-refractivity contribution < 1.29 is 33.4 Å². The highest BCUT2D eigenvalue weighted by molar-refractivity contribution is 6.00. The van der Waals surface area contributed by atoms with Crippen LogP contribution in [-0.4, -0.2) is 91.3 Å². The predicted octanol–water partition coefficient (Wildman–Crippen LogP) is 0.174. The highest BCUT2D eigenvalue weighted by Gasteiger charge is 2.46. The van der Waals surface area contributed by atoms with Gasteiger partial charge in [0.05, 0.1) is 6.42 Å². The Labute approximate surface area is 215 Å². The third kappa shape index (κ3) is 5.68. The predicted molar refractivity (Wildman–Crippen MR) is 131 cm³/mol. The number of carbonyl (C=O) groups excluding carboxylic acids is 5. The molecule has 0 radical (unpaired) electrons. The minimum atomic E-state index is -0.976. The molecule has 3 aliphatic heterocycles. The van der Waals surface area contributed by atoms with Gasteiger partial charge in [0.25, 0.3) is 11.8 Å². The number of rotatable bonds is 7. The van der Waals surface area contributed by atoms with E-state index in [9.17, 15) is 24.0 Å². The number of hydrazine groups is 1. The van der Waals surface area contributed by atoms with E-state index >= 15 is 0 Å². The quantitative estimate of drug-likeness (QED) is 0.491. The smallest absolute Gasteiger partial charge is 0.310 e. The molecule has 4 rings (SSSR count). The maximum absolute atomic E-state index is 13.6. The van der Waals surface area contributed by atoms with Crippen LogP contribution in [0.15, 0.2) is 24.3 Å². The zero-order valence-electron chi connectivity index (χ0n) is 21.3. The Balaban J connectivity index is 1.50. The topological polar surface area (TPSA) is 138 Å². The molecule has 0 aliphatic carbocycles. The van der Waals surface area contributed by atoms with Crippen molar-refractivity contribution in [1.82, 2.24) is 20.7 Å². The maximum atomic E-state index is 13.6. The standard InChI is InChI=1S/C25H33N5O7/c1-4-36-25-18(14-21(32)37-25)27-23(34)19-6-5-13-29-20(31)12-11-17(24(35)30(19)29)26-22(33)15-7-9-16(10-8-15)28(2)3/h7-10,17-19,25H,4-6,11-14H2,1-3H3,(H,26,33)(H,27,34). The van der Waals surface area contributed by atoms with E-state index in [1.807, 2.05) is 19.0 Å². The number of benzene rings is 1. The van der Waals surface area contributed by atoms with Gasteiger partial charge in [0.15, 0.2) is 0 Å². The third-order valence-corrected chi connectivity index (χ3v) is 6.74. The fraction of sp³-hybridized carbons (Fsp3) is 0.560. The lowest BCUT2D eigenvalue weighted by Gasteiger charge is -2.43. The second-order valence-electron chi connectivity index (χ2n) is 9.50. The van der Waals surface area contributed by atoms with E-state index in [2.05, 4.69) is 10.6 Å². The summed E-state index contributed by atoms with van der Waals surface area (Å²) < 4.78 is 10.5. The Bertz CT molecular complexity index is 1060. The third-order valence-electron chi connectivity index (χ3n) is 6.74. The molecule has 2 N–H and O–H groups in total. The SMILES string of the molecule is CCOC1OC(=O)CC1NC(=O)C1CCCN2C(=O)CCC(NC(=O)c3ccc(N(C)C)cc3)C(=O)N12. The summed E-state index contributed by atoms with van der Waals surface area (Å²) in [6, 6.07) is 4.28. The molecule has 3 saturated heterocycles. The van der Waals surface area contributed by atoms with Gasteiger partial charge in [0.1, 0.15) is 18.1 Å². The monoisotopic (exact) mass is 515 g/mol. The van der Waals surface area contributed by atoms with Crippen LogP contribution in [0.25, 0.3) is 0 Å². The minimum Gasteiger partial charge on any atom is -0.433 e. The van der Waals surface area contributed by atoms with Gasteiger partial charge in [-0.2, -0.15) is 0 Å². The molecule has 3 heterocycles. The summed E-state index contributed by atoms with van der Waals surface area (Å²) in [7, 11) is 3.78. The molecular weight excluding hydrogens is 482 g/mol. The summed E-state index contributed by atoms with van der Waals surface area (Å²) >= 11 is 0. The molecule has 200 valence electrons. The summed E-state index contributed by atoms with van der Waals surface area (Å²) in [6.45, 7) is 2.34. The molecule has 12 heteroatoms. The molecule has 12 nitrogen and oxygen atoms in total. The highest BCUT2D eigenvalue weighted by atomic mass is 16.7. The lowest BCUT2D eigenvalue weighted by Crippen LogP contribution is -2.64. The van der Waals surface area contributed by atoms with Gasteiger partial charge >= 0.3 is 5.97 Å². The largest absolute Gasteiger partial charge is 0.433 e. The molecule has 37 heavy (non-hydrogen) atoms. The molecule has 1 aromatic carbocycles. The number of nitrogens with zero attached hydrogens (tertiary/aromatic N) is 3. The Morgan fingerprint density at radius 1 is 1.11 bits per heavy atom. The highest BCUT2D eigenvalue weighted by Crippen LogP contribution is 2.26. The summed E-state index contributed by atoms with van der Waals surface area (Å²) in [6.07, 6.45) is 0.0715. The number of fused-ring (bicyclic) bond motifs is 1. The van der Waals surface area contributed by atoms with Crippen molar-refractivity contribution in [3.8, 4) is 0 Å². The average molecular weight is 516 g/mol. The number of anilines is 1. The van der Waals surface area contributed by atoms with Crippen molar-refractivity contribution in [3.05, 3.63) is 29.8 Å². The van der Waals surface area contributed by atoms with Gasteiger partial charge in [-0.25, -0.2) is 5.01 Å².